The summed E-state index contributed by atoms with van der Waals surface area (Å²) in [6.45, 7) is 0.672. The predicted octanol–water partition coefficient (Wildman–Crippen LogP) is 4.89. The van der Waals surface area contributed by atoms with E-state index in [4.69, 9.17) is 19.5 Å². The minimum atomic E-state index is -4.91. The SMILES string of the molecule is CCCCCCCCCC(=O)OCCOP(=O)(O)OC(CN=CN=CN)(Cn1cccn1)c1ccc(F)cc1F. The molecule has 0 amide bonds. The molecular weight excluding hydrogens is 547 g/mol. The topological polar surface area (TPSA) is 151 Å². The van der Waals surface area contributed by atoms with Crippen molar-refractivity contribution in [3.8, 4) is 0 Å². The minimum Gasteiger partial charge on any atom is -0.463 e. The molecule has 0 bridgehead atoms. The van der Waals surface area contributed by atoms with Crippen LogP contribution in [0.1, 0.15) is 63.9 Å². The third-order valence-electron chi connectivity index (χ3n) is 5.86. The number of unbranched alkanes of at least 4 members (excludes halogenated alkanes) is 6. The van der Waals surface area contributed by atoms with E-state index < -0.39 is 44.2 Å². The van der Waals surface area contributed by atoms with Gasteiger partial charge in [-0.3, -0.25) is 23.5 Å². The molecule has 0 fully saturated rings. The summed E-state index contributed by atoms with van der Waals surface area (Å²) >= 11 is 0. The van der Waals surface area contributed by atoms with Crippen LogP contribution in [0.15, 0.2) is 46.6 Å². The summed E-state index contributed by atoms with van der Waals surface area (Å²) in [5.41, 5.74) is 2.97. The first-order valence-corrected chi connectivity index (χ1v) is 14.7. The van der Waals surface area contributed by atoms with E-state index >= 15 is 4.39 Å². The van der Waals surface area contributed by atoms with Crippen LogP contribution >= 0.6 is 7.82 Å². The number of phosphoric acid groups is 1. The molecule has 222 valence electrons. The zero-order valence-electron chi connectivity index (χ0n) is 22.7. The van der Waals surface area contributed by atoms with Crippen LogP contribution in [0.25, 0.3) is 0 Å². The highest BCUT2D eigenvalue weighted by molar-refractivity contribution is 7.47. The van der Waals surface area contributed by atoms with Gasteiger partial charge in [0.15, 0.2) is 0 Å². The second-order valence-electron chi connectivity index (χ2n) is 9.06. The molecule has 2 atom stereocenters. The van der Waals surface area contributed by atoms with Gasteiger partial charge in [0.25, 0.3) is 0 Å². The number of phosphoric ester groups is 1. The third-order valence-corrected chi connectivity index (χ3v) is 6.94. The predicted molar refractivity (Wildman–Crippen MR) is 147 cm³/mol. The largest absolute Gasteiger partial charge is 0.473 e. The number of benzene rings is 1. The highest BCUT2D eigenvalue weighted by atomic mass is 31.2. The maximum absolute atomic E-state index is 15.0. The van der Waals surface area contributed by atoms with Crippen LogP contribution in [0.2, 0.25) is 0 Å². The van der Waals surface area contributed by atoms with Gasteiger partial charge in [-0.05, 0) is 18.6 Å². The summed E-state index contributed by atoms with van der Waals surface area (Å²) in [4.78, 5) is 30.2. The molecule has 0 saturated heterocycles. The molecule has 0 aliphatic rings. The molecule has 1 heterocycles. The van der Waals surface area contributed by atoms with Crippen LogP contribution in [-0.4, -0.2) is 53.1 Å². The molecule has 11 nitrogen and oxygen atoms in total. The van der Waals surface area contributed by atoms with Gasteiger partial charge in [-0.1, -0.05) is 51.5 Å². The summed E-state index contributed by atoms with van der Waals surface area (Å²) in [7, 11) is -4.91. The molecule has 2 aromatic rings. The van der Waals surface area contributed by atoms with Crippen LogP contribution in [0.5, 0.6) is 0 Å². The Morgan fingerprint density at radius 2 is 1.95 bits per heavy atom. The highest BCUT2D eigenvalue weighted by Crippen LogP contribution is 2.51. The third kappa shape index (κ3) is 12.0. The van der Waals surface area contributed by atoms with Gasteiger partial charge in [0, 0.05) is 30.4 Å². The number of nitrogens with zero attached hydrogens (tertiary/aromatic N) is 4. The summed E-state index contributed by atoms with van der Waals surface area (Å²) in [6.07, 6.45) is 12.6. The van der Waals surface area contributed by atoms with E-state index in [0.29, 0.717) is 12.5 Å². The Morgan fingerprint density at radius 3 is 2.62 bits per heavy atom. The van der Waals surface area contributed by atoms with Crippen LogP contribution in [0.3, 0.4) is 0 Å². The quantitative estimate of drug-likeness (QED) is 0.0733. The molecule has 2 rings (SSSR count). The number of esters is 1. The van der Waals surface area contributed by atoms with Gasteiger partial charge in [0.2, 0.25) is 0 Å². The second kappa shape index (κ2) is 17.6. The van der Waals surface area contributed by atoms with Crippen molar-refractivity contribution in [1.82, 2.24) is 9.78 Å². The molecule has 40 heavy (non-hydrogen) atoms. The van der Waals surface area contributed by atoms with E-state index in [1.165, 1.54) is 36.3 Å². The van der Waals surface area contributed by atoms with Crippen molar-refractivity contribution in [3.05, 3.63) is 53.9 Å². The lowest BCUT2D eigenvalue weighted by Crippen LogP contribution is -2.39. The molecule has 0 radical (unpaired) electrons. The number of halogens is 2. The van der Waals surface area contributed by atoms with Crippen molar-refractivity contribution in [2.24, 2.45) is 15.7 Å². The van der Waals surface area contributed by atoms with E-state index in [9.17, 15) is 18.6 Å². The number of hydrogen-bond donors (Lipinski definition) is 2. The summed E-state index contributed by atoms with van der Waals surface area (Å²) in [5, 5.41) is 4.06. The molecule has 0 aliphatic carbocycles. The number of carbonyl (C=O) groups excluding carboxylic acids is 1. The Bertz CT molecular complexity index is 1130. The van der Waals surface area contributed by atoms with Crippen molar-refractivity contribution >= 4 is 26.5 Å². The molecule has 1 aromatic heterocycles. The van der Waals surface area contributed by atoms with E-state index in [1.54, 1.807) is 6.07 Å². The average Bonchev–Trinajstić information content (AvgIpc) is 3.41. The first kappa shape index (κ1) is 33.2. The van der Waals surface area contributed by atoms with E-state index in [2.05, 4.69) is 22.0 Å². The Kier molecular flexibility index (Phi) is 14.7. The fourth-order valence-electron chi connectivity index (χ4n) is 3.97. The van der Waals surface area contributed by atoms with Crippen LogP contribution < -0.4 is 5.73 Å². The molecule has 14 heteroatoms. The van der Waals surface area contributed by atoms with Crippen molar-refractivity contribution in [1.29, 1.82) is 0 Å². The zero-order valence-corrected chi connectivity index (χ0v) is 23.6. The van der Waals surface area contributed by atoms with Crippen LogP contribution in [0, 0.1) is 11.6 Å². The van der Waals surface area contributed by atoms with Crippen LogP contribution in [0.4, 0.5) is 8.78 Å². The van der Waals surface area contributed by atoms with Gasteiger partial charge in [0.05, 0.1) is 26.0 Å². The molecule has 0 aliphatic heterocycles. The molecular formula is C26H38F2N5O6P. The average molecular weight is 586 g/mol. The smallest absolute Gasteiger partial charge is 0.463 e. The first-order valence-electron chi connectivity index (χ1n) is 13.2. The summed E-state index contributed by atoms with van der Waals surface area (Å²) in [6, 6.07) is 4.27. The number of aromatic nitrogens is 2. The van der Waals surface area contributed by atoms with Gasteiger partial charge in [-0.15, -0.1) is 0 Å². The normalized spacial score (nSPS) is 14.9. The molecule has 1 aromatic carbocycles. The minimum absolute atomic E-state index is 0.237. The summed E-state index contributed by atoms with van der Waals surface area (Å²) < 4.78 is 58.7. The number of ether oxygens (including phenoxy) is 1. The van der Waals surface area contributed by atoms with Gasteiger partial charge < -0.3 is 15.4 Å². The number of rotatable bonds is 20. The number of nitrogens with two attached hydrogens (primary N) is 1. The first-order chi connectivity index (χ1) is 19.2. The standard InChI is InChI=1S/C26H38F2N5O6P/c1-2-3-4-5-6-7-8-10-25(34)37-15-16-38-40(35,36)39-26(18-30-21-31-20-29,19-33-14-9-13-32-33)23-12-11-22(27)17-24(23)28/h9,11-14,17,20-21H,2-8,10,15-16,18-19H2,1H3,(H,35,36)(H2,29,30,31). The number of carbonyl (C=O) groups is 1. The van der Waals surface area contributed by atoms with Crippen molar-refractivity contribution in [2.75, 3.05) is 19.8 Å². The van der Waals surface area contributed by atoms with Crippen molar-refractivity contribution < 1.29 is 36.8 Å². The van der Waals surface area contributed by atoms with Gasteiger partial charge >= 0.3 is 13.8 Å². The lowest BCUT2D eigenvalue weighted by atomic mass is 9.93. The van der Waals surface area contributed by atoms with E-state index in [-0.39, 0.29) is 25.1 Å². The highest BCUT2D eigenvalue weighted by Gasteiger charge is 2.44. The second-order valence-corrected chi connectivity index (χ2v) is 10.4. The Balaban J connectivity index is 2.06. The molecule has 0 saturated carbocycles. The van der Waals surface area contributed by atoms with E-state index in [0.717, 1.165) is 44.1 Å². The van der Waals surface area contributed by atoms with Crippen molar-refractivity contribution in [2.45, 2.75) is 70.4 Å². The van der Waals surface area contributed by atoms with Crippen LogP contribution in [-0.2, 0) is 35.3 Å². The lowest BCUT2D eigenvalue weighted by Gasteiger charge is -2.34. The summed E-state index contributed by atoms with van der Waals surface area (Å²) in [5.74, 6) is -2.33. The van der Waals surface area contributed by atoms with E-state index in [1.807, 2.05) is 0 Å². The number of hydrogen-bond acceptors (Lipinski definition) is 7. The fraction of sp³-hybridized carbons (Fsp3) is 0.538. The Morgan fingerprint density at radius 1 is 1.20 bits per heavy atom. The zero-order chi connectivity index (χ0) is 29.3. The molecule has 3 N–H and O–H groups in total. The molecule has 2 unspecified atom stereocenters. The lowest BCUT2D eigenvalue weighted by molar-refractivity contribution is -0.144. The monoisotopic (exact) mass is 585 g/mol. The fourth-order valence-corrected chi connectivity index (χ4v) is 4.98. The van der Waals surface area contributed by atoms with Gasteiger partial charge in [-0.2, -0.15) is 5.10 Å². The Labute approximate surface area is 233 Å². The molecule has 0 spiro atoms. The van der Waals surface area contributed by atoms with Gasteiger partial charge in [-0.25, -0.2) is 18.3 Å². The Hall–Kier alpha value is -2.99. The van der Waals surface area contributed by atoms with Gasteiger partial charge in [0.1, 0.15) is 30.2 Å². The van der Waals surface area contributed by atoms with Crippen molar-refractivity contribution in [3.63, 3.8) is 0 Å². The maximum Gasteiger partial charge on any atom is 0.473 e. The maximum atomic E-state index is 15.0. The number of aliphatic imine (C=N–C) groups is 2.